The summed E-state index contributed by atoms with van der Waals surface area (Å²) < 4.78 is 12.2. The molecule has 0 saturated carbocycles. The molecule has 0 aliphatic rings. The summed E-state index contributed by atoms with van der Waals surface area (Å²) in [5.41, 5.74) is 0. The van der Waals surface area contributed by atoms with Gasteiger partial charge in [-0.05, 0) is 15.9 Å². The van der Waals surface area contributed by atoms with E-state index in [0.29, 0.717) is 4.60 Å². The molecule has 9 heavy (non-hydrogen) atoms. The second-order valence-corrected chi connectivity index (χ2v) is 2.26. The first kappa shape index (κ1) is 6.67. The molecule has 0 unspecified atom stereocenters. The third kappa shape index (κ3) is 1.74. The Labute approximate surface area is 60.0 Å². The topological polar surface area (TPSA) is 30.7 Å². The molecule has 0 bridgehead atoms. The van der Waals surface area contributed by atoms with Crippen molar-refractivity contribution in [2.45, 2.75) is 6.54 Å². The number of rotatable bonds is 2. The molecule has 1 aromatic rings. The van der Waals surface area contributed by atoms with Crippen LogP contribution in [0, 0.1) is 0 Å². The monoisotopic (exact) mass is 193 g/mol. The Kier molecular flexibility index (Phi) is 2.16. The summed E-state index contributed by atoms with van der Waals surface area (Å²) in [6, 6.07) is 0. The minimum atomic E-state index is -0.429. The Bertz CT molecular complexity index is 188. The van der Waals surface area contributed by atoms with Gasteiger partial charge in [-0.25, -0.2) is 4.39 Å². The van der Waals surface area contributed by atoms with E-state index in [1.165, 1.54) is 11.0 Å². The maximum atomic E-state index is 11.6. The van der Waals surface area contributed by atoms with E-state index in [4.69, 9.17) is 0 Å². The third-order valence-corrected chi connectivity index (χ3v) is 1.16. The molecule has 0 saturated heterocycles. The Morgan fingerprint density at radius 2 is 2.56 bits per heavy atom. The minimum Gasteiger partial charge on any atom is -0.249 e. The van der Waals surface area contributed by atoms with E-state index in [9.17, 15) is 4.39 Å². The molecule has 5 heteroatoms. The zero-order valence-corrected chi connectivity index (χ0v) is 6.18. The fourth-order valence-corrected chi connectivity index (χ4v) is 0.734. The number of nitrogens with zero attached hydrogens (tertiary/aromatic N) is 3. The second kappa shape index (κ2) is 2.91. The Hall–Kier alpha value is -0.450. The Morgan fingerprint density at radius 3 is 3.00 bits per heavy atom. The van der Waals surface area contributed by atoms with Gasteiger partial charge in [-0.15, -0.1) is 5.10 Å². The highest BCUT2D eigenvalue weighted by molar-refractivity contribution is 9.10. The van der Waals surface area contributed by atoms with Crippen molar-refractivity contribution in [3.05, 3.63) is 10.8 Å². The number of halogens is 2. The van der Waals surface area contributed by atoms with Gasteiger partial charge in [-0.3, -0.25) is 0 Å². The summed E-state index contributed by atoms with van der Waals surface area (Å²) >= 11 is 3.09. The fraction of sp³-hybridized carbons (Fsp3) is 0.500. The molecular weight excluding hydrogens is 189 g/mol. The molecule has 0 atom stereocenters. The minimum absolute atomic E-state index is 0.228. The average molecular weight is 194 g/mol. The van der Waals surface area contributed by atoms with Gasteiger partial charge in [0.1, 0.15) is 11.3 Å². The van der Waals surface area contributed by atoms with Gasteiger partial charge in [-0.1, -0.05) is 0 Å². The van der Waals surface area contributed by atoms with Crippen LogP contribution in [0.2, 0.25) is 0 Å². The van der Waals surface area contributed by atoms with Crippen molar-refractivity contribution in [3.63, 3.8) is 0 Å². The summed E-state index contributed by atoms with van der Waals surface area (Å²) in [7, 11) is 0. The molecule has 0 aliphatic carbocycles. The van der Waals surface area contributed by atoms with Crippen molar-refractivity contribution in [3.8, 4) is 0 Å². The predicted molar refractivity (Wildman–Crippen MR) is 33.7 cm³/mol. The number of aryl methyl sites for hydroxylation is 1. The lowest BCUT2D eigenvalue weighted by Crippen LogP contribution is -2.02. The van der Waals surface area contributed by atoms with Gasteiger partial charge in [0.05, 0.1) is 12.7 Å². The lowest BCUT2D eigenvalue weighted by molar-refractivity contribution is 0.401. The van der Waals surface area contributed by atoms with E-state index < -0.39 is 6.67 Å². The van der Waals surface area contributed by atoms with Crippen LogP contribution in [0.5, 0.6) is 0 Å². The van der Waals surface area contributed by atoms with Crippen LogP contribution < -0.4 is 0 Å². The third-order valence-electron chi connectivity index (χ3n) is 0.793. The van der Waals surface area contributed by atoms with Crippen LogP contribution in [0.4, 0.5) is 4.39 Å². The molecule has 0 N–H and O–H groups in total. The van der Waals surface area contributed by atoms with Gasteiger partial charge in [0.25, 0.3) is 0 Å². The van der Waals surface area contributed by atoms with E-state index in [2.05, 4.69) is 26.1 Å². The van der Waals surface area contributed by atoms with Crippen molar-refractivity contribution in [1.82, 2.24) is 15.0 Å². The van der Waals surface area contributed by atoms with Crippen molar-refractivity contribution < 1.29 is 4.39 Å². The molecule has 0 amide bonds. The van der Waals surface area contributed by atoms with Gasteiger partial charge in [-0.2, -0.15) is 9.90 Å². The maximum absolute atomic E-state index is 11.6. The molecule has 0 spiro atoms. The average Bonchev–Trinajstić information content (AvgIpc) is 2.17. The molecule has 1 rings (SSSR count). The smallest absolute Gasteiger partial charge is 0.148 e. The van der Waals surface area contributed by atoms with Crippen LogP contribution >= 0.6 is 15.9 Å². The zero-order chi connectivity index (χ0) is 6.69. The summed E-state index contributed by atoms with van der Waals surface area (Å²) in [6.07, 6.45) is 1.52. The standard InChI is InChI=1S/C4H5BrFN3/c5-4-3-7-9(8-4)2-1-6/h3H,1-2H2. The summed E-state index contributed by atoms with van der Waals surface area (Å²) in [5, 5.41) is 7.51. The SMILES string of the molecule is FCCn1ncc(Br)n1. The molecule has 1 aromatic heterocycles. The number of hydrogen-bond donors (Lipinski definition) is 0. The van der Waals surface area contributed by atoms with E-state index >= 15 is 0 Å². The van der Waals surface area contributed by atoms with Crippen LogP contribution in [-0.4, -0.2) is 21.7 Å². The van der Waals surface area contributed by atoms with E-state index in [0.717, 1.165) is 0 Å². The van der Waals surface area contributed by atoms with Crippen LogP contribution in [0.25, 0.3) is 0 Å². The summed E-state index contributed by atoms with van der Waals surface area (Å²) in [4.78, 5) is 1.30. The highest BCUT2D eigenvalue weighted by atomic mass is 79.9. The summed E-state index contributed by atoms with van der Waals surface area (Å²) in [6.45, 7) is -0.202. The van der Waals surface area contributed by atoms with E-state index in [1.54, 1.807) is 0 Å². The predicted octanol–water partition coefficient (Wildman–Crippen LogP) is 1.01. The van der Waals surface area contributed by atoms with Crippen molar-refractivity contribution in [2.24, 2.45) is 0 Å². The van der Waals surface area contributed by atoms with Gasteiger partial charge >= 0.3 is 0 Å². The molecule has 50 valence electrons. The largest absolute Gasteiger partial charge is 0.249 e. The van der Waals surface area contributed by atoms with E-state index in [1.807, 2.05) is 0 Å². The Morgan fingerprint density at radius 1 is 1.78 bits per heavy atom. The fourth-order valence-electron chi connectivity index (χ4n) is 0.460. The number of aromatic nitrogens is 3. The molecular formula is C4H5BrFN3. The van der Waals surface area contributed by atoms with Gasteiger partial charge < -0.3 is 0 Å². The molecule has 1 heterocycles. The summed E-state index contributed by atoms with van der Waals surface area (Å²) in [5.74, 6) is 0. The highest BCUT2D eigenvalue weighted by Gasteiger charge is 1.93. The van der Waals surface area contributed by atoms with E-state index in [-0.39, 0.29) is 6.54 Å². The highest BCUT2D eigenvalue weighted by Crippen LogP contribution is 1.99. The molecule has 3 nitrogen and oxygen atoms in total. The lowest BCUT2D eigenvalue weighted by atomic mass is 10.8. The van der Waals surface area contributed by atoms with Crippen LogP contribution in [0.3, 0.4) is 0 Å². The van der Waals surface area contributed by atoms with Crippen LogP contribution in [0.15, 0.2) is 10.8 Å². The number of hydrogen-bond acceptors (Lipinski definition) is 2. The first-order chi connectivity index (χ1) is 4.33. The molecule has 0 aliphatic heterocycles. The van der Waals surface area contributed by atoms with Crippen molar-refractivity contribution in [2.75, 3.05) is 6.67 Å². The maximum Gasteiger partial charge on any atom is 0.148 e. The first-order valence-corrected chi connectivity index (χ1v) is 3.24. The Balaban J connectivity index is 2.61. The van der Waals surface area contributed by atoms with Gasteiger partial charge in [0, 0.05) is 0 Å². The molecule has 0 aromatic carbocycles. The van der Waals surface area contributed by atoms with Gasteiger partial charge in [0.15, 0.2) is 0 Å². The van der Waals surface area contributed by atoms with Crippen LogP contribution in [0.1, 0.15) is 0 Å². The normalized spacial score (nSPS) is 10.0. The first-order valence-electron chi connectivity index (χ1n) is 2.44. The quantitative estimate of drug-likeness (QED) is 0.703. The zero-order valence-electron chi connectivity index (χ0n) is 4.59. The molecule has 0 radical (unpaired) electrons. The lowest BCUT2D eigenvalue weighted by Gasteiger charge is -1.89. The van der Waals surface area contributed by atoms with Crippen molar-refractivity contribution >= 4 is 15.9 Å². The van der Waals surface area contributed by atoms with Crippen LogP contribution in [-0.2, 0) is 6.54 Å². The second-order valence-electron chi connectivity index (χ2n) is 1.45. The molecule has 0 fully saturated rings. The van der Waals surface area contributed by atoms with Crippen molar-refractivity contribution in [1.29, 1.82) is 0 Å². The number of alkyl halides is 1. The van der Waals surface area contributed by atoms with Gasteiger partial charge in [0.2, 0.25) is 0 Å².